The van der Waals surface area contributed by atoms with Crippen molar-refractivity contribution in [3.8, 4) is 0 Å². The van der Waals surface area contributed by atoms with Crippen LogP contribution in [0.2, 0.25) is 0 Å². The van der Waals surface area contributed by atoms with Crippen molar-refractivity contribution in [3.05, 3.63) is 0 Å². The predicted molar refractivity (Wildman–Crippen MR) is 38.2 cm³/mol. The third kappa shape index (κ3) is 2.61. The van der Waals surface area contributed by atoms with Gasteiger partial charge >= 0.3 is 0 Å². The fraction of sp³-hybridized carbons (Fsp3) is 1.00. The van der Waals surface area contributed by atoms with E-state index >= 15 is 0 Å². The second kappa shape index (κ2) is 4.25. The van der Waals surface area contributed by atoms with E-state index in [4.69, 9.17) is 0 Å². The Hall–Kier alpha value is 0.350. The van der Waals surface area contributed by atoms with Gasteiger partial charge < -0.3 is 0 Å². The van der Waals surface area contributed by atoms with Gasteiger partial charge in [0.25, 0.3) is 0 Å². The molecule has 0 aromatic heterocycles. The number of hydrazine groups is 1. The first-order chi connectivity index (χ1) is 4.00. The highest BCUT2D eigenvalue weighted by molar-refractivity contribution is 7.35. The predicted octanol–water partition coefficient (Wildman–Crippen LogP) is 0.858. The van der Waals surface area contributed by atoms with Crippen molar-refractivity contribution < 1.29 is 0 Å². The largest absolute Gasteiger partial charge is 0.255 e. The Morgan fingerprint density at radius 2 is 2.12 bits per heavy atom. The summed E-state index contributed by atoms with van der Waals surface area (Å²) in [6, 6.07) is 0. The summed E-state index contributed by atoms with van der Waals surface area (Å²) in [7, 11) is 0.929. The molecule has 2 N–H and O–H groups in total. The van der Waals surface area contributed by atoms with Crippen molar-refractivity contribution in [2.24, 2.45) is 0 Å². The van der Waals surface area contributed by atoms with Gasteiger partial charge in [0.05, 0.1) is 0 Å². The molecule has 0 aromatic rings. The van der Waals surface area contributed by atoms with Gasteiger partial charge in [0.15, 0.2) is 0 Å². The van der Waals surface area contributed by atoms with E-state index in [1.165, 1.54) is 25.4 Å². The van der Waals surface area contributed by atoms with Gasteiger partial charge in [-0.3, -0.25) is 5.43 Å². The van der Waals surface area contributed by atoms with Gasteiger partial charge in [-0.25, -0.2) is 5.20 Å². The van der Waals surface area contributed by atoms with Gasteiger partial charge in [-0.2, -0.15) is 0 Å². The molecular weight excluding hydrogens is 119 g/mol. The Labute approximate surface area is 52.2 Å². The summed E-state index contributed by atoms with van der Waals surface area (Å²) in [5.74, 6) is 0. The van der Waals surface area contributed by atoms with Crippen LogP contribution in [0.4, 0.5) is 0 Å². The standard InChI is InChI=1S/C5H13N2P/c1-2-4-6-7-8-5-3-1/h6-8H,1-5H2. The van der Waals surface area contributed by atoms with Crippen LogP contribution in [0.25, 0.3) is 0 Å². The lowest BCUT2D eigenvalue weighted by Gasteiger charge is -2.09. The summed E-state index contributed by atoms with van der Waals surface area (Å²) in [5, 5.41) is 3.16. The first-order valence-electron chi connectivity index (χ1n) is 3.21. The Morgan fingerprint density at radius 3 is 3.12 bits per heavy atom. The fourth-order valence-electron chi connectivity index (χ4n) is 0.791. The highest BCUT2D eigenvalue weighted by Gasteiger charge is 1.93. The van der Waals surface area contributed by atoms with E-state index in [0.717, 1.165) is 15.3 Å². The molecule has 48 valence electrons. The highest BCUT2D eigenvalue weighted by atomic mass is 31.1. The lowest BCUT2D eigenvalue weighted by atomic mass is 10.2. The molecule has 1 saturated heterocycles. The number of hydrogen-bond acceptors (Lipinski definition) is 2. The van der Waals surface area contributed by atoms with Crippen LogP contribution in [0, 0.1) is 0 Å². The molecule has 0 radical (unpaired) electrons. The van der Waals surface area contributed by atoms with Gasteiger partial charge in [-0.1, -0.05) is 6.42 Å². The van der Waals surface area contributed by atoms with E-state index in [2.05, 4.69) is 10.6 Å². The van der Waals surface area contributed by atoms with Crippen molar-refractivity contribution >= 4 is 8.73 Å². The Kier molecular flexibility index (Phi) is 3.44. The van der Waals surface area contributed by atoms with Crippen molar-refractivity contribution in [1.29, 1.82) is 0 Å². The summed E-state index contributed by atoms with van der Waals surface area (Å²) in [6.45, 7) is 1.15. The third-order valence-electron chi connectivity index (χ3n) is 1.28. The number of rotatable bonds is 0. The van der Waals surface area contributed by atoms with Crippen LogP contribution in [-0.2, 0) is 0 Å². The molecule has 1 unspecified atom stereocenters. The Bertz CT molecular complexity index is 34.4. The van der Waals surface area contributed by atoms with E-state index < -0.39 is 0 Å². The lowest BCUT2D eigenvalue weighted by molar-refractivity contribution is 0.594. The Balaban J connectivity index is 2.00. The van der Waals surface area contributed by atoms with Gasteiger partial charge in [0.1, 0.15) is 0 Å². The fourth-order valence-corrected chi connectivity index (χ4v) is 1.59. The minimum absolute atomic E-state index is 0.929. The molecule has 0 saturated carbocycles. The second-order valence-corrected chi connectivity index (χ2v) is 3.14. The molecule has 0 aliphatic carbocycles. The van der Waals surface area contributed by atoms with E-state index in [-0.39, 0.29) is 0 Å². The molecule has 1 rings (SSSR count). The highest BCUT2D eigenvalue weighted by Crippen LogP contribution is 2.08. The quantitative estimate of drug-likeness (QED) is 0.477. The molecule has 3 heteroatoms. The zero-order valence-electron chi connectivity index (χ0n) is 5.04. The summed E-state index contributed by atoms with van der Waals surface area (Å²) < 4.78 is 0. The molecule has 0 spiro atoms. The average molecular weight is 132 g/mol. The normalized spacial score (nSPS) is 27.0. The molecule has 0 aromatic carbocycles. The maximum Gasteiger partial charge on any atom is 0.0103 e. The smallest absolute Gasteiger partial charge is 0.0103 e. The maximum atomic E-state index is 3.16. The van der Waals surface area contributed by atoms with Crippen molar-refractivity contribution in [2.45, 2.75) is 19.3 Å². The first kappa shape index (κ1) is 6.47. The zero-order valence-corrected chi connectivity index (χ0v) is 6.04. The SMILES string of the molecule is C1CCNNPCC1. The monoisotopic (exact) mass is 132 g/mol. The van der Waals surface area contributed by atoms with E-state index in [1.54, 1.807) is 0 Å². The average Bonchev–Trinajstić information content (AvgIpc) is 1.62. The topological polar surface area (TPSA) is 24.1 Å². The second-order valence-electron chi connectivity index (χ2n) is 2.04. The van der Waals surface area contributed by atoms with Crippen molar-refractivity contribution in [2.75, 3.05) is 12.7 Å². The minimum atomic E-state index is 0.929. The van der Waals surface area contributed by atoms with Crippen LogP contribution in [0.1, 0.15) is 19.3 Å². The molecule has 1 atom stereocenters. The van der Waals surface area contributed by atoms with Gasteiger partial charge in [0, 0.05) is 6.54 Å². The molecule has 1 fully saturated rings. The molecule has 0 bridgehead atoms. The van der Waals surface area contributed by atoms with Crippen molar-refractivity contribution in [3.63, 3.8) is 0 Å². The molecule has 0 amide bonds. The van der Waals surface area contributed by atoms with Gasteiger partial charge in [-0.05, 0) is 27.7 Å². The lowest BCUT2D eigenvalue weighted by Crippen LogP contribution is -2.26. The molecule has 1 aliphatic heterocycles. The molecule has 1 heterocycles. The van der Waals surface area contributed by atoms with E-state index in [9.17, 15) is 0 Å². The number of nitrogens with one attached hydrogen (secondary N) is 2. The van der Waals surface area contributed by atoms with Crippen LogP contribution in [-0.4, -0.2) is 12.7 Å². The first-order valence-corrected chi connectivity index (χ1v) is 4.41. The van der Waals surface area contributed by atoms with Crippen LogP contribution in [0.15, 0.2) is 0 Å². The zero-order chi connectivity index (χ0) is 5.66. The molecule has 8 heavy (non-hydrogen) atoms. The third-order valence-corrected chi connectivity index (χ3v) is 2.24. The van der Waals surface area contributed by atoms with Gasteiger partial charge in [-0.15, -0.1) is 0 Å². The summed E-state index contributed by atoms with van der Waals surface area (Å²) >= 11 is 0. The molecule has 1 aliphatic rings. The van der Waals surface area contributed by atoms with Gasteiger partial charge in [0.2, 0.25) is 0 Å². The van der Waals surface area contributed by atoms with E-state index in [1.807, 2.05) is 0 Å². The van der Waals surface area contributed by atoms with Crippen LogP contribution >= 0.6 is 8.73 Å². The van der Waals surface area contributed by atoms with Crippen LogP contribution in [0.5, 0.6) is 0 Å². The Morgan fingerprint density at radius 1 is 1.12 bits per heavy atom. The molecule has 2 nitrogen and oxygen atoms in total. The summed E-state index contributed by atoms with van der Waals surface area (Å²) in [6.07, 6.45) is 5.50. The maximum absolute atomic E-state index is 3.16. The number of hydrogen-bond donors (Lipinski definition) is 2. The van der Waals surface area contributed by atoms with E-state index in [0.29, 0.717) is 0 Å². The summed E-state index contributed by atoms with van der Waals surface area (Å²) in [5.41, 5.74) is 3.15. The minimum Gasteiger partial charge on any atom is -0.255 e. The molecular formula is C5H13N2P. The van der Waals surface area contributed by atoms with Crippen molar-refractivity contribution in [1.82, 2.24) is 10.6 Å². The van der Waals surface area contributed by atoms with Crippen LogP contribution < -0.4 is 10.6 Å². The summed E-state index contributed by atoms with van der Waals surface area (Å²) in [4.78, 5) is 0. The van der Waals surface area contributed by atoms with Crippen LogP contribution in [0.3, 0.4) is 0 Å².